The van der Waals surface area contributed by atoms with Crippen molar-refractivity contribution in [3.8, 4) is 17.6 Å². The Labute approximate surface area is 285 Å². The Morgan fingerprint density at radius 1 is 0.918 bits per heavy atom. The van der Waals surface area contributed by atoms with E-state index >= 15 is 4.79 Å². The summed E-state index contributed by atoms with van der Waals surface area (Å²) in [7, 11) is -3.01. The SMILES string of the molecule is CCOc1ccc(OC)cc1C1(N2CCN(c3ccnc(C)c3)CC2)C(=O)N(S(=O)(=O)c2cccc3cccnc23)c2ccc(C#N)cc21. The van der Waals surface area contributed by atoms with E-state index < -0.39 is 21.5 Å². The molecule has 0 saturated carbocycles. The molecule has 1 amide bonds. The van der Waals surface area contributed by atoms with Crippen molar-refractivity contribution in [2.24, 2.45) is 0 Å². The van der Waals surface area contributed by atoms with Gasteiger partial charge in [0.15, 0.2) is 5.54 Å². The third-order valence-electron chi connectivity index (χ3n) is 9.22. The molecule has 7 rings (SSSR count). The highest BCUT2D eigenvalue weighted by Crippen LogP contribution is 2.54. The van der Waals surface area contributed by atoms with Gasteiger partial charge in [0.05, 0.1) is 36.6 Å². The number of ether oxygens (including phenoxy) is 2. The molecular formula is C37H34N6O5S. The maximum atomic E-state index is 15.6. The van der Waals surface area contributed by atoms with E-state index in [1.807, 2.05) is 30.9 Å². The first-order valence-corrected chi connectivity index (χ1v) is 17.4. The Hall–Kier alpha value is -5.51. The van der Waals surface area contributed by atoms with Crippen molar-refractivity contribution >= 4 is 38.2 Å². The number of sulfonamides is 1. The Morgan fingerprint density at radius 2 is 1.71 bits per heavy atom. The number of methoxy groups -OCH3 is 1. The molecule has 3 aromatic carbocycles. The van der Waals surface area contributed by atoms with Gasteiger partial charge in [-0.3, -0.25) is 19.7 Å². The topological polar surface area (TPSA) is 129 Å². The number of anilines is 2. The van der Waals surface area contributed by atoms with E-state index in [-0.39, 0.29) is 21.7 Å². The lowest BCUT2D eigenvalue weighted by Gasteiger charge is -2.46. The third kappa shape index (κ3) is 5.13. The summed E-state index contributed by atoms with van der Waals surface area (Å²) in [6.45, 7) is 5.94. The number of piperazine rings is 1. The van der Waals surface area contributed by atoms with Gasteiger partial charge >= 0.3 is 0 Å². The summed E-state index contributed by atoms with van der Waals surface area (Å²) >= 11 is 0. The second kappa shape index (κ2) is 12.5. The number of benzene rings is 3. The van der Waals surface area contributed by atoms with Gasteiger partial charge < -0.3 is 14.4 Å². The molecule has 248 valence electrons. The number of carbonyl (C=O) groups is 1. The fourth-order valence-corrected chi connectivity index (χ4v) is 8.66. The smallest absolute Gasteiger partial charge is 0.273 e. The average Bonchev–Trinajstić information content (AvgIpc) is 3.39. The standard InChI is InChI=1S/C37H34N6O5S/c1-4-48-33-13-11-29(47-3)23-31(33)37(42-19-17-41(18-20-42)28-14-16-39-25(2)21-28)30-22-26(24-38)10-12-32(30)43(36(37)44)49(45,46)34-9-5-7-27-8-6-15-40-35(27)34/h5-16,21-23H,4,17-20H2,1-3H3. The quantitative estimate of drug-likeness (QED) is 0.221. The van der Waals surface area contributed by atoms with E-state index in [1.165, 1.54) is 25.4 Å². The van der Waals surface area contributed by atoms with Crippen LogP contribution < -0.4 is 18.7 Å². The molecule has 1 unspecified atom stereocenters. The van der Waals surface area contributed by atoms with Gasteiger partial charge in [0, 0.05) is 66.5 Å². The van der Waals surface area contributed by atoms with Crippen LogP contribution in [0.2, 0.25) is 0 Å². The Morgan fingerprint density at radius 3 is 2.45 bits per heavy atom. The van der Waals surface area contributed by atoms with Crippen LogP contribution in [-0.4, -0.2) is 69.1 Å². The number of amides is 1. The number of rotatable bonds is 8. The fourth-order valence-electron chi connectivity index (χ4n) is 7.03. The summed E-state index contributed by atoms with van der Waals surface area (Å²) in [4.78, 5) is 28.4. The van der Waals surface area contributed by atoms with Gasteiger partial charge in [0.1, 0.15) is 16.4 Å². The van der Waals surface area contributed by atoms with Crippen LogP contribution in [0.5, 0.6) is 11.5 Å². The monoisotopic (exact) mass is 674 g/mol. The van der Waals surface area contributed by atoms with Gasteiger partial charge in [-0.15, -0.1) is 0 Å². The van der Waals surface area contributed by atoms with Gasteiger partial charge in [-0.25, -0.2) is 12.7 Å². The number of aryl methyl sites for hydroxylation is 1. The van der Waals surface area contributed by atoms with Crippen molar-refractivity contribution in [1.29, 1.82) is 5.26 Å². The molecule has 5 aromatic rings. The summed E-state index contributed by atoms with van der Waals surface area (Å²) in [5.74, 6) is 0.172. The van der Waals surface area contributed by atoms with Crippen molar-refractivity contribution in [2.75, 3.05) is 49.1 Å². The van der Waals surface area contributed by atoms with Crippen molar-refractivity contribution < 1.29 is 22.7 Å². The molecule has 2 aliphatic heterocycles. The lowest BCUT2D eigenvalue weighted by atomic mass is 9.80. The van der Waals surface area contributed by atoms with Crippen LogP contribution >= 0.6 is 0 Å². The Balaban J connectivity index is 1.47. The molecular weight excluding hydrogens is 641 g/mol. The summed E-state index contributed by atoms with van der Waals surface area (Å²) in [6.07, 6.45) is 3.30. The van der Waals surface area contributed by atoms with E-state index in [2.05, 4.69) is 20.9 Å². The van der Waals surface area contributed by atoms with Gasteiger partial charge in [0.25, 0.3) is 15.9 Å². The van der Waals surface area contributed by atoms with E-state index in [9.17, 15) is 13.7 Å². The molecule has 1 fully saturated rings. The highest BCUT2D eigenvalue weighted by Gasteiger charge is 2.61. The minimum Gasteiger partial charge on any atom is -0.497 e. The normalized spacial score (nSPS) is 18.0. The molecule has 4 heterocycles. The van der Waals surface area contributed by atoms with Crippen molar-refractivity contribution in [3.05, 3.63) is 114 Å². The summed E-state index contributed by atoms with van der Waals surface area (Å²) in [5, 5.41) is 10.7. The second-order valence-electron chi connectivity index (χ2n) is 11.9. The number of hydrogen-bond donors (Lipinski definition) is 0. The number of hydrogen-bond acceptors (Lipinski definition) is 10. The van der Waals surface area contributed by atoms with E-state index in [0.717, 1.165) is 15.7 Å². The maximum Gasteiger partial charge on any atom is 0.273 e. The molecule has 0 radical (unpaired) electrons. The number of nitrogens with zero attached hydrogens (tertiary/aromatic N) is 6. The first kappa shape index (κ1) is 32.1. The van der Waals surface area contributed by atoms with Crippen molar-refractivity contribution in [3.63, 3.8) is 0 Å². The number of nitriles is 1. The molecule has 11 nitrogen and oxygen atoms in total. The van der Waals surface area contributed by atoms with Crippen LogP contribution in [0.1, 0.15) is 29.3 Å². The van der Waals surface area contributed by atoms with Gasteiger partial charge in [-0.05, 0) is 74.5 Å². The lowest BCUT2D eigenvalue weighted by molar-refractivity contribution is -0.127. The third-order valence-corrected chi connectivity index (χ3v) is 10.9. The summed E-state index contributed by atoms with van der Waals surface area (Å²) in [5.41, 5.74) is 1.70. The predicted octanol–water partition coefficient (Wildman–Crippen LogP) is 5.02. The van der Waals surface area contributed by atoms with E-state index in [4.69, 9.17) is 9.47 Å². The molecule has 12 heteroatoms. The first-order valence-electron chi connectivity index (χ1n) is 16.0. The van der Waals surface area contributed by atoms with E-state index in [1.54, 1.807) is 60.8 Å². The molecule has 49 heavy (non-hydrogen) atoms. The highest BCUT2D eigenvalue weighted by molar-refractivity contribution is 7.93. The second-order valence-corrected chi connectivity index (χ2v) is 13.6. The molecule has 1 atom stereocenters. The average molecular weight is 675 g/mol. The zero-order valence-corrected chi connectivity index (χ0v) is 28.1. The van der Waals surface area contributed by atoms with Crippen LogP contribution in [-0.2, 0) is 20.4 Å². The van der Waals surface area contributed by atoms with Gasteiger partial charge in [-0.2, -0.15) is 5.26 Å². The molecule has 0 aliphatic carbocycles. The number of para-hydroxylation sites is 1. The van der Waals surface area contributed by atoms with Crippen LogP contribution in [0.4, 0.5) is 11.4 Å². The predicted molar refractivity (Wildman–Crippen MR) is 185 cm³/mol. The zero-order valence-electron chi connectivity index (χ0n) is 27.3. The molecule has 0 bridgehead atoms. The van der Waals surface area contributed by atoms with Crippen molar-refractivity contribution in [1.82, 2.24) is 14.9 Å². The van der Waals surface area contributed by atoms with Gasteiger partial charge in [0.2, 0.25) is 0 Å². The molecule has 0 N–H and O–H groups in total. The largest absolute Gasteiger partial charge is 0.497 e. The van der Waals surface area contributed by atoms with Crippen LogP contribution in [0.15, 0.2) is 96.2 Å². The van der Waals surface area contributed by atoms with Crippen LogP contribution in [0.25, 0.3) is 10.9 Å². The zero-order chi connectivity index (χ0) is 34.3. The number of pyridine rings is 2. The van der Waals surface area contributed by atoms with Crippen molar-refractivity contribution in [2.45, 2.75) is 24.3 Å². The number of fused-ring (bicyclic) bond motifs is 2. The minimum absolute atomic E-state index is 0.0985. The Kier molecular flexibility index (Phi) is 8.18. The molecule has 2 aromatic heterocycles. The maximum absolute atomic E-state index is 15.6. The molecule has 0 spiro atoms. The van der Waals surface area contributed by atoms with Crippen LogP contribution in [0, 0.1) is 18.3 Å². The van der Waals surface area contributed by atoms with Gasteiger partial charge in [-0.1, -0.05) is 18.2 Å². The fraction of sp³-hybridized carbons (Fsp3) is 0.243. The summed E-state index contributed by atoms with van der Waals surface area (Å²) in [6, 6.07) is 24.5. The Bertz CT molecular complexity index is 2240. The number of aromatic nitrogens is 2. The number of carbonyl (C=O) groups excluding carboxylic acids is 1. The minimum atomic E-state index is -4.54. The first-order chi connectivity index (χ1) is 23.7. The lowest BCUT2D eigenvalue weighted by Crippen LogP contribution is -2.60. The van der Waals surface area contributed by atoms with E-state index in [0.29, 0.717) is 60.8 Å². The van der Waals surface area contributed by atoms with Crippen LogP contribution in [0.3, 0.4) is 0 Å². The summed E-state index contributed by atoms with van der Waals surface area (Å²) < 4.78 is 42.5. The molecule has 1 saturated heterocycles. The molecule has 2 aliphatic rings. The highest BCUT2D eigenvalue weighted by atomic mass is 32.2.